The lowest BCUT2D eigenvalue weighted by molar-refractivity contribution is 0.236. The first-order valence-electron chi connectivity index (χ1n) is 7.95. The highest BCUT2D eigenvalue weighted by Crippen LogP contribution is 2.53. The molecule has 96 valence electrons. The van der Waals surface area contributed by atoms with Crippen LogP contribution in [0.1, 0.15) is 51.9 Å². The summed E-state index contributed by atoms with van der Waals surface area (Å²) in [5, 5.41) is 0. The molecule has 0 nitrogen and oxygen atoms in total. The molecule has 0 aromatic carbocycles. The molecule has 1 fully saturated rings. The van der Waals surface area contributed by atoms with Crippen LogP contribution in [0.5, 0.6) is 0 Å². The topological polar surface area (TPSA) is 0 Å². The van der Waals surface area contributed by atoms with E-state index in [2.05, 4.69) is 25.2 Å². The molecule has 0 N–H and O–H groups in total. The third-order valence-corrected chi connectivity index (χ3v) is 5.88. The van der Waals surface area contributed by atoms with E-state index in [0.717, 1.165) is 23.7 Å². The van der Waals surface area contributed by atoms with Crippen molar-refractivity contribution >= 4 is 0 Å². The fraction of sp³-hybridized carbons (Fsp3) is 0.667. The van der Waals surface area contributed by atoms with E-state index >= 15 is 0 Å². The lowest BCUT2D eigenvalue weighted by Gasteiger charge is -2.43. The fourth-order valence-electron chi connectivity index (χ4n) is 5.15. The summed E-state index contributed by atoms with van der Waals surface area (Å²) in [6, 6.07) is 0. The molecule has 0 radical (unpaired) electrons. The van der Waals surface area contributed by atoms with Crippen molar-refractivity contribution < 1.29 is 0 Å². The van der Waals surface area contributed by atoms with Gasteiger partial charge in [0.05, 0.1) is 0 Å². The van der Waals surface area contributed by atoms with Crippen LogP contribution >= 0.6 is 0 Å². The van der Waals surface area contributed by atoms with Crippen molar-refractivity contribution in [2.24, 2.45) is 23.7 Å². The van der Waals surface area contributed by atoms with E-state index in [1.165, 1.54) is 44.9 Å². The van der Waals surface area contributed by atoms with Crippen molar-refractivity contribution in [1.82, 2.24) is 0 Å². The Morgan fingerprint density at radius 1 is 1.17 bits per heavy atom. The molecule has 0 unspecified atom stereocenters. The zero-order valence-electron chi connectivity index (χ0n) is 11.5. The zero-order chi connectivity index (χ0) is 12.1. The summed E-state index contributed by atoms with van der Waals surface area (Å²) in [5.41, 5.74) is 5.22. The molecule has 18 heavy (non-hydrogen) atoms. The van der Waals surface area contributed by atoms with E-state index in [1.54, 1.807) is 16.7 Å². The van der Waals surface area contributed by atoms with Gasteiger partial charge in [-0.1, -0.05) is 31.6 Å². The Balaban J connectivity index is 1.83. The minimum atomic E-state index is 0.878. The second-order valence-corrected chi connectivity index (χ2v) is 6.88. The number of hydrogen-bond donors (Lipinski definition) is 0. The van der Waals surface area contributed by atoms with E-state index in [4.69, 9.17) is 0 Å². The van der Waals surface area contributed by atoms with Gasteiger partial charge in [0.25, 0.3) is 0 Å². The molecular weight excluding hydrogens is 216 g/mol. The molecule has 4 aliphatic rings. The molecule has 4 rings (SSSR count). The van der Waals surface area contributed by atoms with E-state index in [-0.39, 0.29) is 0 Å². The molecule has 0 aromatic heterocycles. The van der Waals surface area contributed by atoms with Gasteiger partial charge in [0.2, 0.25) is 0 Å². The standard InChI is InChI=1S/C18H24/c1-12-11-14-5-2-3-7-15(14)17-10-9-13-6-4-8-16(13)18(12)17/h5,9-10,12-13,16,18H,2-4,6-8,11H2,1H3/t12-,13+,16-,18+/m1/s1. The maximum atomic E-state index is 2.56. The van der Waals surface area contributed by atoms with Crippen molar-refractivity contribution in [3.63, 3.8) is 0 Å². The highest BCUT2D eigenvalue weighted by atomic mass is 14.5. The summed E-state index contributed by atoms with van der Waals surface area (Å²) in [5.74, 6) is 3.67. The van der Waals surface area contributed by atoms with Crippen molar-refractivity contribution in [1.29, 1.82) is 0 Å². The molecule has 4 atom stereocenters. The Kier molecular flexibility index (Phi) is 2.53. The largest absolute Gasteiger partial charge is 0.0810 e. The SMILES string of the molecule is C[C@@H]1CC2=CCCCC2=C2C=C[C@@H]3CCC[C@H]3[C@@H]21. The van der Waals surface area contributed by atoms with Gasteiger partial charge < -0.3 is 0 Å². The number of fused-ring (bicyclic) bond motifs is 4. The first-order chi connectivity index (χ1) is 8.84. The van der Waals surface area contributed by atoms with Gasteiger partial charge in [-0.05, 0) is 78.9 Å². The number of hydrogen-bond acceptors (Lipinski definition) is 0. The van der Waals surface area contributed by atoms with Gasteiger partial charge in [0, 0.05) is 0 Å². The van der Waals surface area contributed by atoms with Crippen LogP contribution in [0, 0.1) is 23.7 Å². The molecule has 0 bridgehead atoms. The van der Waals surface area contributed by atoms with Crippen molar-refractivity contribution in [3.05, 3.63) is 34.9 Å². The molecular formula is C18H24. The van der Waals surface area contributed by atoms with Crippen LogP contribution in [0.2, 0.25) is 0 Å². The van der Waals surface area contributed by atoms with Gasteiger partial charge in [0.15, 0.2) is 0 Å². The van der Waals surface area contributed by atoms with Crippen molar-refractivity contribution in [2.75, 3.05) is 0 Å². The van der Waals surface area contributed by atoms with Gasteiger partial charge in [-0.2, -0.15) is 0 Å². The highest BCUT2D eigenvalue weighted by Gasteiger charge is 2.42. The molecule has 0 aliphatic heterocycles. The Morgan fingerprint density at radius 3 is 3.06 bits per heavy atom. The second kappa shape index (κ2) is 4.11. The maximum absolute atomic E-state index is 2.56. The fourth-order valence-corrected chi connectivity index (χ4v) is 5.15. The first kappa shape index (κ1) is 11.1. The Labute approximate surface area is 111 Å². The average Bonchev–Trinajstić information content (AvgIpc) is 2.86. The average molecular weight is 240 g/mol. The monoisotopic (exact) mass is 240 g/mol. The van der Waals surface area contributed by atoms with Gasteiger partial charge in [-0.25, -0.2) is 0 Å². The van der Waals surface area contributed by atoms with Crippen molar-refractivity contribution in [2.45, 2.75) is 51.9 Å². The molecule has 1 saturated carbocycles. The van der Waals surface area contributed by atoms with Crippen molar-refractivity contribution in [3.8, 4) is 0 Å². The van der Waals surface area contributed by atoms with Crippen LogP contribution in [0.25, 0.3) is 0 Å². The quantitative estimate of drug-likeness (QED) is 0.556. The summed E-state index contributed by atoms with van der Waals surface area (Å²) in [6.07, 6.45) is 17.4. The third-order valence-electron chi connectivity index (χ3n) is 5.88. The minimum Gasteiger partial charge on any atom is -0.0810 e. The van der Waals surface area contributed by atoms with Crippen LogP contribution in [0.15, 0.2) is 34.9 Å². The molecule has 0 heterocycles. The van der Waals surface area contributed by atoms with Gasteiger partial charge in [-0.3, -0.25) is 0 Å². The van der Waals surface area contributed by atoms with Gasteiger partial charge in [-0.15, -0.1) is 0 Å². The van der Waals surface area contributed by atoms with E-state index in [9.17, 15) is 0 Å². The molecule has 4 aliphatic carbocycles. The molecule has 0 aromatic rings. The van der Waals surface area contributed by atoms with Gasteiger partial charge >= 0.3 is 0 Å². The third kappa shape index (κ3) is 1.51. The summed E-state index contributed by atoms with van der Waals surface area (Å²) in [6.45, 7) is 2.51. The van der Waals surface area contributed by atoms with Crippen LogP contribution in [0.4, 0.5) is 0 Å². The highest BCUT2D eigenvalue weighted by molar-refractivity contribution is 5.47. The summed E-state index contributed by atoms with van der Waals surface area (Å²) >= 11 is 0. The predicted molar refractivity (Wildman–Crippen MR) is 76.2 cm³/mol. The van der Waals surface area contributed by atoms with E-state index in [0.29, 0.717) is 0 Å². The molecule has 0 spiro atoms. The lowest BCUT2D eigenvalue weighted by Crippen LogP contribution is -2.33. The number of allylic oxidation sites excluding steroid dienone is 6. The lowest BCUT2D eigenvalue weighted by atomic mass is 9.62. The minimum absolute atomic E-state index is 0.878. The molecule has 0 amide bonds. The number of rotatable bonds is 0. The maximum Gasteiger partial charge on any atom is -0.00964 e. The van der Waals surface area contributed by atoms with Crippen LogP contribution in [-0.4, -0.2) is 0 Å². The normalized spacial score (nSPS) is 42.2. The predicted octanol–water partition coefficient (Wildman–Crippen LogP) is 5.04. The van der Waals surface area contributed by atoms with Crippen LogP contribution < -0.4 is 0 Å². The molecule has 0 heteroatoms. The Bertz CT molecular complexity index is 449. The Morgan fingerprint density at radius 2 is 2.11 bits per heavy atom. The van der Waals surface area contributed by atoms with Crippen LogP contribution in [-0.2, 0) is 0 Å². The summed E-state index contributed by atoms with van der Waals surface area (Å²) in [7, 11) is 0. The smallest absolute Gasteiger partial charge is 0.00964 e. The zero-order valence-corrected chi connectivity index (χ0v) is 11.5. The summed E-state index contributed by atoms with van der Waals surface area (Å²) in [4.78, 5) is 0. The molecule has 0 saturated heterocycles. The van der Waals surface area contributed by atoms with E-state index in [1.807, 2.05) is 0 Å². The Hall–Kier alpha value is -0.780. The first-order valence-corrected chi connectivity index (χ1v) is 7.95. The van der Waals surface area contributed by atoms with Crippen LogP contribution in [0.3, 0.4) is 0 Å². The van der Waals surface area contributed by atoms with Gasteiger partial charge in [0.1, 0.15) is 0 Å². The second-order valence-electron chi connectivity index (χ2n) is 6.88. The summed E-state index contributed by atoms with van der Waals surface area (Å²) < 4.78 is 0. The van der Waals surface area contributed by atoms with E-state index < -0.39 is 0 Å².